The first kappa shape index (κ1) is 13.6. The molecule has 0 fully saturated rings. The molecular formula is C15H18FN3. The van der Waals surface area contributed by atoms with Crippen molar-refractivity contribution in [1.29, 1.82) is 0 Å². The fourth-order valence-electron chi connectivity index (χ4n) is 2.21. The minimum absolute atomic E-state index is 0.197. The number of nitrogens with zero attached hydrogens (tertiary/aromatic N) is 1. The largest absolute Gasteiger partial charge is 0.271 e. The molecule has 0 bridgehead atoms. The molecule has 1 aromatic carbocycles. The van der Waals surface area contributed by atoms with E-state index in [0.29, 0.717) is 12.0 Å². The van der Waals surface area contributed by atoms with Gasteiger partial charge in [0.25, 0.3) is 0 Å². The lowest BCUT2D eigenvalue weighted by Crippen LogP contribution is -2.31. The zero-order chi connectivity index (χ0) is 13.8. The van der Waals surface area contributed by atoms with Crippen LogP contribution in [0, 0.1) is 19.7 Å². The van der Waals surface area contributed by atoms with Crippen LogP contribution < -0.4 is 11.3 Å². The predicted octanol–water partition coefficient (Wildman–Crippen LogP) is 2.58. The van der Waals surface area contributed by atoms with Gasteiger partial charge < -0.3 is 0 Å². The van der Waals surface area contributed by atoms with E-state index in [2.05, 4.69) is 10.4 Å². The smallest absolute Gasteiger partial charge is 0.126 e. The summed E-state index contributed by atoms with van der Waals surface area (Å²) in [6.45, 7) is 3.98. The van der Waals surface area contributed by atoms with Crippen molar-refractivity contribution >= 4 is 0 Å². The summed E-state index contributed by atoms with van der Waals surface area (Å²) >= 11 is 0. The van der Waals surface area contributed by atoms with Crippen molar-refractivity contribution in [3.8, 4) is 0 Å². The quantitative estimate of drug-likeness (QED) is 0.655. The maximum absolute atomic E-state index is 13.7. The Morgan fingerprint density at radius 2 is 2.05 bits per heavy atom. The normalized spacial score (nSPS) is 12.4. The van der Waals surface area contributed by atoms with Gasteiger partial charge in [0.15, 0.2) is 0 Å². The summed E-state index contributed by atoms with van der Waals surface area (Å²) in [5.74, 6) is 5.38. The molecule has 0 aliphatic carbocycles. The van der Waals surface area contributed by atoms with E-state index in [1.54, 1.807) is 18.3 Å². The molecule has 3 nitrogen and oxygen atoms in total. The minimum Gasteiger partial charge on any atom is -0.271 e. The molecular weight excluding hydrogens is 241 g/mol. The molecule has 0 saturated heterocycles. The van der Waals surface area contributed by atoms with Crippen LogP contribution in [0.15, 0.2) is 36.5 Å². The lowest BCUT2D eigenvalue weighted by molar-refractivity contribution is 0.516. The average molecular weight is 259 g/mol. The molecule has 0 spiro atoms. The average Bonchev–Trinajstić information content (AvgIpc) is 2.39. The van der Waals surface area contributed by atoms with Crippen LogP contribution >= 0.6 is 0 Å². The van der Waals surface area contributed by atoms with Gasteiger partial charge in [-0.25, -0.2) is 4.39 Å². The summed E-state index contributed by atoms with van der Waals surface area (Å²) in [5, 5.41) is 0. The second-order valence-corrected chi connectivity index (χ2v) is 4.73. The summed E-state index contributed by atoms with van der Waals surface area (Å²) in [6.07, 6.45) is 2.27. The topological polar surface area (TPSA) is 50.9 Å². The molecule has 1 unspecified atom stereocenters. The molecule has 0 radical (unpaired) electrons. The Morgan fingerprint density at radius 1 is 1.32 bits per heavy atom. The van der Waals surface area contributed by atoms with E-state index in [9.17, 15) is 4.39 Å². The van der Waals surface area contributed by atoms with Crippen molar-refractivity contribution in [1.82, 2.24) is 10.4 Å². The van der Waals surface area contributed by atoms with E-state index >= 15 is 0 Å². The van der Waals surface area contributed by atoms with E-state index in [-0.39, 0.29) is 11.9 Å². The predicted molar refractivity (Wildman–Crippen MR) is 73.9 cm³/mol. The third-order valence-corrected chi connectivity index (χ3v) is 3.17. The van der Waals surface area contributed by atoms with Gasteiger partial charge in [-0.2, -0.15) is 0 Å². The number of benzene rings is 1. The molecule has 1 aromatic heterocycles. The fraction of sp³-hybridized carbons (Fsp3) is 0.267. The van der Waals surface area contributed by atoms with E-state index in [1.807, 2.05) is 26.0 Å². The van der Waals surface area contributed by atoms with Crippen LogP contribution in [0.25, 0.3) is 0 Å². The summed E-state index contributed by atoms with van der Waals surface area (Å²) < 4.78 is 13.7. The van der Waals surface area contributed by atoms with Crippen molar-refractivity contribution in [3.05, 3.63) is 64.7 Å². The van der Waals surface area contributed by atoms with Crippen LogP contribution in [0.1, 0.15) is 28.4 Å². The number of nitrogens with two attached hydrogens (primary N) is 1. The van der Waals surface area contributed by atoms with Gasteiger partial charge in [0.05, 0.1) is 11.7 Å². The van der Waals surface area contributed by atoms with Crippen molar-refractivity contribution < 1.29 is 4.39 Å². The highest BCUT2D eigenvalue weighted by Gasteiger charge is 2.16. The van der Waals surface area contributed by atoms with Crippen molar-refractivity contribution in [2.45, 2.75) is 26.3 Å². The Bertz CT molecular complexity index is 569. The summed E-state index contributed by atoms with van der Waals surface area (Å²) in [4.78, 5) is 4.41. The lowest BCUT2D eigenvalue weighted by atomic mass is 9.99. The molecule has 2 aromatic rings. The highest BCUT2D eigenvalue weighted by atomic mass is 19.1. The molecule has 0 aliphatic heterocycles. The molecule has 0 aliphatic rings. The van der Waals surface area contributed by atoms with E-state index in [1.165, 1.54) is 6.07 Å². The molecule has 19 heavy (non-hydrogen) atoms. The van der Waals surface area contributed by atoms with Crippen LogP contribution in [0.5, 0.6) is 0 Å². The first-order valence-corrected chi connectivity index (χ1v) is 6.24. The molecule has 4 heteroatoms. The first-order chi connectivity index (χ1) is 9.11. The summed E-state index contributed by atoms with van der Waals surface area (Å²) in [7, 11) is 0. The first-order valence-electron chi connectivity index (χ1n) is 6.24. The third kappa shape index (κ3) is 3.16. The van der Waals surface area contributed by atoms with Crippen LogP contribution in [0.4, 0.5) is 4.39 Å². The monoisotopic (exact) mass is 259 g/mol. The molecule has 3 N–H and O–H groups in total. The molecule has 2 rings (SSSR count). The number of pyridine rings is 1. The van der Waals surface area contributed by atoms with Crippen LogP contribution in [-0.2, 0) is 6.42 Å². The molecule has 100 valence electrons. The van der Waals surface area contributed by atoms with E-state index in [0.717, 1.165) is 16.8 Å². The van der Waals surface area contributed by atoms with Crippen molar-refractivity contribution in [2.75, 3.05) is 0 Å². The SMILES string of the molecule is Cc1cnc(C(Cc2ccccc2F)NN)c(C)c1. The number of hydrogen-bond donors (Lipinski definition) is 2. The Balaban J connectivity index is 2.28. The van der Waals surface area contributed by atoms with Crippen LogP contribution in [-0.4, -0.2) is 4.98 Å². The van der Waals surface area contributed by atoms with Crippen molar-refractivity contribution in [2.24, 2.45) is 5.84 Å². The molecule has 0 amide bonds. The molecule has 1 heterocycles. The van der Waals surface area contributed by atoms with E-state index in [4.69, 9.17) is 5.84 Å². The number of hydrogen-bond acceptors (Lipinski definition) is 3. The van der Waals surface area contributed by atoms with Gasteiger partial charge in [0.1, 0.15) is 5.82 Å². The number of aromatic nitrogens is 1. The van der Waals surface area contributed by atoms with Gasteiger partial charge in [-0.05, 0) is 43.0 Å². The maximum Gasteiger partial charge on any atom is 0.126 e. The number of hydrazine groups is 1. The number of nitrogens with one attached hydrogen (secondary N) is 1. The van der Waals surface area contributed by atoms with Gasteiger partial charge in [0.2, 0.25) is 0 Å². The van der Waals surface area contributed by atoms with Gasteiger partial charge in [-0.1, -0.05) is 24.3 Å². The Hall–Kier alpha value is -1.78. The standard InChI is InChI=1S/C15H18FN3/c1-10-7-11(2)15(18-9-10)14(19-17)8-12-5-3-4-6-13(12)16/h3-7,9,14,19H,8,17H2,1-2H3. The van der Waals surface area contributed by atoms with Gasteiger partial charge in [-0.15, -0.1) is 0 Å². The Labute approximate surface area is 112 Å². The Kier molecular flexibility index (Phi) is 4.24. The zero-order valence-corrected chi connectivity index (χ0v) is 11.2. The third-order valence-electron chi connectivity index (χ3n) is 3.17. The summed E-state index contributed by atoms with van der Waals surface area (Å²) in [5.41, 5.74) is 6.37. The summed E-state index contributed by atoms with van der Waals surface area (Å²) in [6, 6.07) is 8.58. The lowest BCUT2D eigenvalue weighted by Gasteiger charge is -2.18. The number of aryl methyl sites for hydroxylation is 2. The second-order valence-electron chi connectivity index (χ2n) is 4.73. The number of halogens is 1. The van der Waals surface area contributed by atoms with Crippen LogP contribution in [0.2, 0.25) is 0 Å². The minimum atomic E-state index is -0.215. The zero-order valence-electron chi connectivity index (χ0n) is 11.2. The highest BCUT2D eigenvalue weighted by Crippen LogP contribution is 2.21. The molecule has 1 atom stereocenters. The van der Waals surface area contributed by atoms with E-state index < -0.39 is 0 Å². The fourth-order valence-corrected chi connectivity index (χ4v) is 2.21. The highest BCUT2D eigenvalue weighted by molar-refractivity contribution is 5.28. The van der Waals surface area contributed by atoms with Crippen LogP contribution in [0.3, 0.4) is 0 Å². The molecule has 0 saturated carbocycles. The second kappa shape index (κ2) is 5.91. The Morgan fingerprint density at radius 3 is 2.68 bits per heavy atom. The van der Waals surface area contributed by atoms with Gasteiger partial charge >= 0.3 is 0 Å². The van der Waals surface area contributed by atoms with Crippen molar-refractivity contribution in [3.63, 3.8) is 0 Å². The van der Waals surface area contributed by atoms with Gasteiger partial charge in [-0.3, -0.25) is 16.3 Å². The van der Waals surface area contributed by atoms with Gasteiger partial charge in [0, 0.05) is 6.20 Å². The number of rotatable bonds is 4. The maximum atomic E-state index is 13.7.